The maximum atomic E-state index is 9.70. The second-order valence-corrected chi connectivity index (χ2v) is 13.7. The molecule has 0 amide bonds. The van der Waals surface area contributed by atoms with Crippen molar-refractivity contribution in [1.29, 1.82) is 0 Å². The number of likely N-dealkylation sites (N-methyl/N-ethyl adjacent to an activating group) is 1. The molecule has 0 aliphatic heterocycles. The minimum atomic E-state index is -0.653. The summed E-state index contributed by atoms with van der Waals surface area (Å²) in [5, 5.41) is 9.70. The summed E-state index contributed by atoms with van der Waals surface area (Å²) in [6.07, 6.45) is 0. The molecular weight excluding hydrogens is 269 g/mol. The molecule has 0 N–H and O–H groups in total. The number of hydrogen-bond acceptors (Lipinski definition) is 2. The molecule has 0 saturated carbocycles. The number of hydrogen-bond donors (Lipinski definition) is 0. The van der Waals surface area contributed by atoms with Gasteiger partial charge in [-0.3, -0.25) is 0 Å². The monoisotopic (exact) mass is 295 g/mol. The molecule has 0 unspecified atom stereocenters. The summed E-state index contributed by atoms with van der Waals surface area (Å²) < 4.78 is 4.65. The molecule has 0 spiro atoms. The molecule has 0 fully saturated rings. The molecule has 2 nitrogen and oxygen atoms in total. The van der Waals surface area contributed by atoms with Gasteiger partial charge in [-0.15, -0.1) is 6.61 Å². The van der Waals surface area contributed by atoms with Gasteiger partial charge in [-0.1, -0.05) is 0 Å². The van der Waals surface area contributed by atoms with E-state index in [4.69, 9.17) is 0 Å². The average Bonchev–Trinajstić information content (AvgIpc) is 2.08. The minimum absolute atomic E-state index is 0.00694. The van der Waals surface area contributed by atoms with Gasteiger partial charge in [0.1, 0.15) is 0 Å². The van der Waals surface area contributed by atoms with E-state index in [1.54, 1.807) is 13.3 Å². The molecule has 0 aliphatic carbocycles. The fourth-order valence-electron chi connectivity index (χ4n) is 0.933. The first-order valence-electron chi connectivity index (χ1n) is 5.18. The van der Waals surface area contributed by atoms with Gasteiger partial charge in [0.2, 0.25) is 0 Å². The van der Waals surface area contributed by atoms with Gasteiger partial charge < -0.3 is 10.0 Å². The summed E-state index contributed by atoms with van der Waals surface area (Å²) in [7, 11) is 3.77. The van der Waals surface area contributed by atoms with Crippen molar-refractivity contribution < 1.29 is 5.11 Å². The Morgan fingerprint density at radius 2 is 1.38 bits per heavy atom. The third kappa shape index (κ3) is 15.5. The van der Waals surface area contributed by atoms with E-state index in [1.807, 2.05) is 19.0 Å². The van der Waals surface area contributed by atoms with Crippen LogP contribution in [0, 0.1) is 0 Å². The molecule has 0 saturated heterocycles. The van der Waals surface area contributed by atoms with Gasteiger partial charge in [-0.05, 0) is 20.6 Å². The SMILES string of the molecule is CN(C)CC[O-].C[CH2][Sn+]([CH2]C)[CH2]C. The van der Waals surface area contributed by atoms with Crippen LogP contribution in [0.1, 0.15) is 20.8 Å². The van der Waals surface area contributed by atoms with Crippen molar-refractivity contribution in [3.05, 3.63) is 0 Å². The summed E-state index contributed by atoms with van der Waals surface area (Å²) in [4.78, 5) is 1.87. The normalized spacial score (nSPS) is 9.46. The van der Waals surface area contributed by atoms with Crippen LogP contribution in [0.3, 0.4) is 0 Å². The van der Waals surface area contributed by atoms with Gasteiger partial charge in [0, 0.05) is 0 Å². The molecule has 3 heteroatoms. The van der Waals surface area contributed by atoms with E-state index in [9.17, 15) is 5.11 Å². The molecule has 0 rings (SSSR count). The van der Waals surface area contributed by atoms with Gasteiger partial charge in [-0.25, -0.2) is 0 Å². The summed E-state index contributed by atoms with van der Waals surface area (Å²) in [5.41, 5.74) is 0. The van der Waals surface area contributed by atoms with E-state index < -0.39 is 19.8 Å². The molecule has 0 aromatic heterocycles. The van der Waals surface area contributed by atoms with Crippen molar-refractivity contribution >= 4 is 19.8 Å². The number of rotatable bonds is 5. The Kier molecular flexibility index (Phi) is 15.8. The predicted molar refractivity (Wildman–Crippen MR) is 60.6 cm³/mol. The Labute approximate surface area is 91.1 Å². The van der Waals surface area contributed by atoms with Crippen molar-refractivity contribution in [2.75, 3.05) is 27.2 Å². The molecule has 0 aromatic rings. The predicted octanol–water partition coefficient (Wildman–Crippen LogP) is 1.45. The van der Waals surface area contributed by atoms with Crippen molar-refractivity contribution in [3.63, 3.8) is 0 Å². The first-order chi connectivity index (χ1) is 6.12. The Morgan fingerprint density at radius 3 is 1.38 bits per heavy atom. The van der Waals surface area contributed by atoms with Crippen LogP contribution in [-0.4, -0.2) is 51.9 Å². The molecule has 0 atom stereocenters. The topological polar surface area (TPSA) is 26.3 Å². The van der Waals surface area contributed by atoms with E-state index in [0.717, 1.165) is 0 Å². The average molecular weight is 294 g/mol. The van der Waals surface area contributed by atoms with Crippen LogP contribution in [0.25, 0.3) is 0 Å². The quantitative estimate of drug-likeness (QED) is 0.717. The zero-order valence-corrected chi connectivity index (χ0v) is 12.7. The molecule has 0 heterocycles. The van der Waals surface area contributed by atoms with Crippen molar-refractivity contribution in [1.82, 2.24) is 4.90 Å². The zero-order chi connectivity index (χ0) is 10.7. The first kappa shape index (κ1) is 16.2. The molecule has 0 bridgehead atoms. The van der Waals surface area contributed by atoms with E-state index in [1.165, 1.54) is 0 Å². The van der Waals surface area contributed by atoms with E-state index in [0.29, 0.717) is 6.54 Å². The molecule has 13 heavy (non-hydrogen) atoms. The van der Waals surface area contributed by atoms with Crippen LogP contribution in [0.2, 0.25) is 13.3 Å². The van der Waals surface area contributed by atoms with Crippen molar-refractivity contribution in [2.45, 2.75) is 34.1 Å². The Morgan fingerprint density at radius 1 is 1.00 bits per heavy atom. The van der Waals surface area contributed by atoms with Crippen LogP contribution in [0.4, 0.5) is 0 Å². The van der Waals surface area contributed by atoms with Crippen LogP contribution in [-0.2, 0) is 0 Å². The molecule has 0 aromatic carbocycles. The van der Waals surface area contributed by atoms with Crippen LogP contribution in [0.15, 0.2) is 0 Å². The van der Waals surface area contributed by atoms with Crippen LogP contribution >= 0.6 is 0 Å². The van der Waals surface area contributed by atoms with Gasteiger partial charge in [0.25, 0.3) is 0 Å². The second kappa shape index (κ2) is 12.7. The standard InChI is InChI=1S/C4H10NO.3C2H5.Sn/c1-5(2)3-4-6;3*1-2;/h3-4H2,1-2H3;3*1H2,2H3;/q-1;;;;+1. The van der Waals surface area contributed by atoms with Gasteiger partial charge >= 0.3 is 53.8 Å². The number of nitrogens with zero attached hydrogens (tertiary/aromatic N) is 1. The third-order valence-corrected chi connectivity index (χ3v) is 10.6. The van der Waals surface area contributed by atoms with E-state index in [2.05, 4.69) is 20.8 Å². The Hall–Kier alpha value is 0.719. The molecule has 0 aliphatic rings. The second-order valence-electron chi connectivity index (χ2n) is 3.32. The van der Waals surface area contributed by atoms with Gasteiger partial charge in [0.15, 0.2) is 0 Å². The summed E-state index contributed by atoms with van der Waals surface area (Å²) >= 11 is -0.653. The Bertz CT molecular complexity index is 79.5. The van der Waals surface area contributed by atoms with Crippen molar-refractivity contribution in [3.8, 4) is 0 Å². The van der Waals surface area contributed by atoms with E-state index >= 15 is 0 Å². The summed E-state index contributed by atoms with van der Waals surface area (Å²) in [6.45, 7) is 7.71. The fourth-order valence-corrected chi connectivity index (χ4v) is 5.21. The zero-order valence-electron chi connectivity index (χ0n) is 9.89. The maximum absolute atomic E-state index is 9.70. The van der Waals surface area contributed by atoms with E-state index in [-0.39, 0.29) is 6.61 Å². The van der Waals surface area contributed by atoms with Gasteiger partial charge in [0.05, 0.1) is 0 Å². The molecular formula is C10H25NOSn. The van der Waals surface area contributed by atoms with Crippen LogP contribution < -0.4 is 5.11 Å². The third-order valence-electron chi connectivity index (χ3n) is 2.04. The fraction of sp³-hybridized carbons (Fsp3) is 1.00. The molecule has 0 radical (unpaired) electrons. The van der Waals surface area contributed by atoms with Crippen LogP contribution in [0.5, 0.6) is 0 Å². The van der Waals surface area contributed by atoms with Gasteiger partial charge in [-0.2, -0.15) is 0 Å². The first-order valence-corrected chi connectivity index (χ1v) is 11.2. The molecule has 80 valence electrons. The summed E-state index contributed by atoms with van der Waals surface area (Å²) in [6, 6.07) is 0. The van der Waals surface area contributed by atoms with Crippen molar-refractivity contribution in [2.24, 2.45) is 0 Å². The Balaban J connectivity index is 0. The summed E-state index contributed by atoms with van der Waals surface area (Å²) in [5.74, 6) is 0.